The Morgan fingerprint density at radius 3 is 2.12 bits per heavy atom. The molecule has 1 aromatic carbocycles. The molecular weight excluding hydrogens is 292 g/mol. The third-order valence-electron chi connectivity index (χ3n) is 3.01. The van der Waals surface area contributed by atoms with Crippen LogP contribution in [0.1, 0.15) is 31.9 Å². The van der Waals surface area contributed by atoms with E-state index in [1.54, 1.807) is 12.3 Å². The number of rotatable bonds is 2. The molecule has 0 saturated carbocycles. The van der Waals surface area contributed by atoms with Crippen LogP contribution >= 0.6 is 15.9 Å². The van der Waals surface area contributed by atoms with Gasteiger partial charge in [-0.15, -0.1) is 0 Å². The summed E-state index contributed by atoms with van der Waals surface area (Å²) in [6.07, 6.45) is 0. The van der Waals surface area contributed by atoms with Crippen molar-refractivity contribution in [2.24, 2.45) is 0 Å². The van der Waals surface area contributed by atoms with Crippen molar-refractivity contribution in [3.05, 3.63) is 21.7 Å². The molecule has 17 heavy (non-hydrogen) atoms. The lowest BCUT2D eigenvalue weighted by Crippen LogP contribution is -2.35. The minimum atomic E-state index is -0.871. The monoisotopic (exact) mass is 314 g/mol. The van der Waals surface area contributed by atoms with Gasteiger partial charge in [-0.1, -0.05) is 44.6 Å². The number of halogens is 1. The molecule has 96 valence electrons. The van der Waals surface area contributed by atoms with E-state index in [0.29, 0.717) is 0 Å². The van der Waals surface area contributed by atoms with E-state index in [1.807, 2.05) is 0 Å². The average molecular weight is 315 g/mol. The standard InChI is InChI=1S/C14H23BrOSi/c1-9-8-10(15)12(16-5)11(14(2,3)4)13(9)17(6)7/h8,17H,1-7H3. The molecule has 0 aliphatic heterocycles. The van der Waals surface area contributed by atoms with Crippen LogP contribution in [0.2, 0.25) is 13.1 Å². The molecule has 1 aromatic rings. The highest BCUT2D eigenvalue weighted by Crippen LogP contribution is 2.37. The zero-order valence-corrected chi connectivity index (χ0v) is 14.7. The normalized spacial score (nSPS) is 12.1. The molecule has 0 radical (unpaired) electrons. The number of ether oxygens (including phenoxy) is 1. The highest BCUT2D eigenvalue weighted by molar-refractivity contribution is 9.10. The zero-order valence-electron chi connectivity index (χ0n) is 11.9. The third kappa shape index (κ3) is 2.94. The highest BCUT2D eigenvalue weighted by Gasteiger charge is 2.27. The molecule has 0 spiro atoms. The lowest BCUT2D eigenvalue weighted by molar-refractivity contribution is 0.396. The molecule has 1 rings (SSSR count). The quantitative estimate of drug-likeness (QED) is 0.755. The number of methoxy groups -OCH3 is 1. The van der Waals surface area contributed by atoms with Gasteiger partial charge < -0.3 is 4.74 Å². The van der Waals surface area contributed by atoms with Crippen molar-refractivity contribution < 1.29 is 4.74 Å². The Morgan fingerprint density at radius 2 is 1.76 bits per heavy atom. The van der Waals surface area contributed by atoms with Crippen molar-refractivity contribution in [2.75, 3.05) is 7.11 Å². The molecule has 3 heteroatoms. The summed E-state index contributed by atoms with van der Waals surface area (Å²) < 4.78 is 6.69. The van der Waals surface area contributed by atoms with E-state index in [0.717, 1.165) is 10.2 Å². The first kappa shape index (κ1) is 14.8. The first-order valence-electron chi connectivity index (χ1n) is 6.07. The van der Waals surface area contributed by atoms with Crippen molar-refractivity contribution in [1.29, 1.82) is 0 Å². The van der Waals surface area contributed by atoms with Crippen LogP contribution in [-0.2, 0) is 5.41 Å². The van der Waals surface area contributed by atoms with Crippen molar-refractivity contribution in [2.45, 2.75) is 46.2 Å². The molecule has 0 bridgehead atoms. The average Bonchev–Trinajstić information content (AvgIpc) is 2.14. The Morgan fingerprint density at radius 1 is 1.24 bits per heavy atom. The van der Waals surface area contributed by atoms with E-state index >= 15 is 0 Å². The fourth-order valence-electron chi connectivity index (χ4n) is 2.46. The Bertz CT molecular complexity index is 419. The Labute approximate surface area is 115 Å². The maximum absolute atomic E-state index is 5.62. The summed E-state index contributed by atoms with van der Waals surface area (Å²) in [6, 6.07) is 2.19. The number of aryl methyl sites for hydroxylation is 1. The number of hydrogen-bond acceptors (Lipinski definition) is 1. The van der Waals surface area contributed by atoms with Crippen molar-refractivity contribution in [3.63, 3.8) is 0 Å². The molecule has 0 aliphatic rings. The lowest BCUT2D eigenvalue weighted by atomic mass is 9.85. The van der Waals surface area contributed by atoms with Gasteiger partial charge in [0.2, 0.25) is 0 Å². The van der Waals surface area contributed by atoms with E-state index in [4.69, 9.17) is 4.74 Å². The third-order valence-corrected chi connectivity index (χ3v) is 5.50. The van der Waals surface area contributed by atoms with Gasteiger partial charge >= 0.3 is 0 Å². The van der Waals surface area contributed by atoms with E-state index in [-0.39, 0.29) is 5.41 Å². The molecule has 1 nitrogen and oxygen atoms in total. The van der Waals surface area contributed by atoms with Gasteiger partial charge in [0.15, 0.2) is 0 Å². The van der Waals surface area contributed by atoms with Crippen LogP contribution in [-0.4, -0.2) is 15.9 Å². The highest BCUT2D eigenvalue weighted by atomic mass is 79.9. The molecule has 0 aliphatic carbocycles. The topological polar surface area (TPSA) is 9.23 Å². The molecular formula is C14H23BrOSi. The van der Waals surface area contributed by atoms with Gasteiger partial charge in [0.25, 0.3) is 0 Å². The molecule has 0 atom stereocenters. The van der Waals surface area contributed by atoms with Crippen molar-refractivity contribution in [1.82, 2.24) is 0 Å². The van der Waals surface area contributed by atoms with Crippen LogP contribution < -0.4 is 9.92 Å². The second-order valence-corrected chi connectivity index (χ2v) is 9.64. The largest absolute Gasteiger partial charge is 0.495 e. The SMILES string of the molecule is COc1c(Br)cc(C)c([SiH](C)C)c1C(C)(C)C. The van der Waals surface area contributed by atoms with Gasteiger partial charge in [-0.2, -0.15) is 0 Å². The van der Waals surface area contributed by atoms with E-state index in [9.17, 15) is 0 Å². The second kappa shape index (κ2) is 5.15. The molecule has 0 saturated heterocycles. The van der Waals surface area contributed by atoms with Crippen LogP contribution in [0.4, 0.5) is 0 Å². The predicted molar refractivity (Wildman–Crippen MR) is 82.6 cm³/mol. The van der Waals surface area contributed by atoms with Crippen LogP contribution in [0, 0.1) is 6.92 Å². The fourth-order valence-corrected chi connectivity index (χ4v) is 5.30. The summed E-state index contributed by atoms with van der Waals surface area (Å²) in [7, 11) is 0.889. The lowest BCUT2D eigenvalue weighted by Gasteiger charge is -2.29. The van der Waals surface area contributed by atoms with E-state index in [1.165, 1.54) is 11.1 Å². The fraction of sp³-hybridized carbons (Fsp3) is 0.571. The van der Waals surface area contributed by atoms with Gasteiger partial charge in [0.05, 0.1) is 20.4 Å². The summed E-state index contributed by atoms with van der Waals surface area (Å²) >= 11 is 3.62. The van der Waals surface area contributed by atoms with Crippen LogP contribution in [0.15, 0.2) is 10.5 Å². The summed E-state index contributed by atoms with van der Waals surface area (Å²) in [5, 5.41) is 1.55. The van der Waals surface area contributed by atoms with Gasteiger partial charge in [-0.3, -0.25) is 0 Å². The van der Waals surface area contributed by atoms with E-state index in [2.05, 4.69) is 62.8 Å². The van der Waals surface area contributed by atoms with Crippen LogP contribution in [0.5, 0.6) is 5.75 Å². The first-order valence-corrected chi connectivity index (χ1v) is 9.75. The minimum absolute atomic E-state index is 0.118. The Balaban J connectivity index is 3.70. The van der Waals surface area contributed by atoms with Gasteiger partial charge in [0.1, 0.15) is 5.75 Å². The van der Waals surface area contributed by atoms with Crippen molar-refractivity contribution >= 4 is 29.9 Å². The van der Waals surface area contributed by atoms with Gasteiger partial charge in [-0.25, -0.2) is 0 Å². The molecule has 0 N–H and O–H groups in total. The molecule has 0 unspecified atom stereocenters. The summed E-state index contributed by atoms with van der Waals surface area (Å²) in [4.78, 5) is 0. The van der Waals surface area contributed by atoms with Crippen LogP contribution in [0.3, 0.4) is 0 Å². The maximum Gasteiger partial charge on any atom is 0.136 e. The number of hydrogen-bond donors (Lipinski definition) is 0. The second-order valence-electron chi connectivity index (χ2n) is 5.90. The van der Waals surface area contributed by atoms with E-state index < -0.39 is 8.80 Å². The predicted octanol–water partition coefficient (Wildman–Crippen LogP) is 3.76. The molecule has 0 fully saturated rings. The number of benzene rings is 1. The van der Waals surface area contributed by atoms with Gasteiger partial charge in [-0.05, 0) is 39.9 Å². The Kier molecular flexibility index (Phi) is 4.47. The van der Waals surface area contributed by atoms with Gasteiger partial charge in [0, 0.05) is 0 Å². The van der Waals surface area contributed by atoms with Crippen LogP contribution in [0.25, 0.3) is 0 Å². The smallest absolute Gasteiger partial charge is 0.136 e. The molecule has 0 amide bonds. The maximum atomic E-state index is 5.62. The zero-order chi connectivity index (χ0) is 13.4. The van der Waals surface area contributed by atoms with Crippen molar-refractivity contribution in [3.8, 4) is 5.75 Å². The molecule has 0 aromatic heterocycles. The Hall–Kier alpha value is -0.283. The first-order chi connectivity index (χ1) is 7.70. The molecule has 0 heterocycles. The summed E-state index contributed by atoms with van der Waals surface area (Å²) in [5.41, 5.74) is 2.89. The summed E-state index contributed by atoms with van der Waals surface area (Å²) in [5.74, 6) is 1.01. The minimum Gasteiger partial charge on any atom is -0.495 e. The summed E-state index contributed by atoms with van der Waals surface area (Å²) in [6.45, 7) is 13.8.